The van der Waals surface area contributed by atoms with E-state index in [1.165, 1.54) is 6.42 Å². The highest BCUT2D eigenvalue weighted by molar-refractivity contribution is 7.55. The molecular formula is C8H19NO3P. The van der Waals surface area contributed by atoms with Gasteiger partial charge in [-0.05, 0) is 6.42 Å². The van der Waals surface area contributed by atoms with Crippen LogP contribution in [-0.2, 0) is 4.57 Å². The number of rotatable bonds is 7. The Morgan fingerprint density at radius 1 is 1.23 bits per heavy atom. The molecule has 13 heavy (non-hydrogen) atoms. The van der Waals surface area contributed by atoms with Crippen LogP contribution in [0.3, 0.4) is 0 Å². The second kappa shape index (κ2) is 6.55. The lowest BCUT2D eigenvalue weighted by Crippen LogP contribution is -2.09. The van der Waals surface area contributed by atoms with Gasteiger partial charge in [0.05, 0.1) is 0 Å². The van der Waals surface area contributed by atoms with E-state index in [1.807, 2.05) is 0 Å². The first kappa shape index (κ1) is 13.1. The Bertz CT molecular complexity index is 169. The maximum atomic E-state index is 10.6. The Morgan fingerprint density at radius 3 is 2.23 bits per heavy atom. The van der Waals surface area contributed by atoms with Crippen molar-refractivity contribution in [2.75, 3.05) is 0 Å². The Balaban J connectivity index is 3.38. The Morgan fingerprint density at radius 2 is 1.77 bits per heavy atom. The fourth-order valence-electron chi connectivity index (χ4n) is 1.06. The van der Waals surface area contributed by atoms with Crippen molar-refractivity contribution < 1.29 is 14.4 Å². The van der Waals surface area contributed by atoms with Gasteiger partial charge in [-0.3, -0.25) is 4.57 Å². The molecule has 0 rings (SSSR count). The molecule has 0 aromatic rings. The average Bonchev–Trinajstić information content (AvgIpc) is 2.02. The van der Waals surface area contributed by atoms with E-state index in [2.05, 4.69) is 6.92 Å². The van der Waals surface area contributed by atoms with Crippen LogP contribution in [0.1, 0.15) is 45.4 Å². The summed E-state index contributed by atoms with van der Waals surface area (Å²) in [4.78, 5) is 17.3. The van der Waals surface area contributed by atoms with Crippen molar-refractivity contribution in [2.24, 2.45) is 5.73 Å². The van der Waals surface area contributed by atoms with E-state index in [-0.39, 0.29) is 5.78 Å². The molecular weight excluding hydrogens is 189 g/mol. The summed E-state index contributed by atoms with van der Waals surface area (Å²) in [6.45, 7) is 2.12. The molecule has 0 heterocycles. The minimum atomic E-state index is -4.12. The first-order chi connectivity index (χ1) is 5.98. The average molecular weight is 208 g/mol. The van der Waals surface area contributed by atoms with Crippen LogP contribution in [-0.4, -0.2) is 9.79 Å². The molecule has 0 saturated heterocycles. The van der Waals surface area contributed by atoms with Crippen LogP contribution in [0.4, 0.5) is 0 Å². The van der Waals surface area contributed by atoms with Gasteiger partial charge in [0.25, 0.3) is 0 Å². The van der Waals surface area contributed by atoms with Crippen molar-refractivity contribution in [3.8, 4) is 0 Å². The molecule has 0 atom stereocenters. The second-order valence-electron chi connectivity index (χ2n) is 3.20. The zero-order valence-electron chi connectivity index (χ0n) is 8.07. The lowest BCUT2D eigenvalue weighted by molar-refractivity contribution is 0.369. The quantitative estimate of drug-likeness (QED) is 0.441. The number of nitrogens with two attached hydrogens (primary N) is 1. The molecule has 0 aromatic carbocycles. The predicted molar refractivity (Wildman–Crippen MR) is 52.9 cm³/mol. The van der Waals surface area contributed by atoms with Gasteiger partial charge in [0.2, 0.25) is 0 Å². The molecule has 4 N–H and O–H groups in total. The Kier molecular flexibility index (Phi) is 6.60. The fourth-order valence-corrected chi connectivity index (χ4v) is 1.50. The normalized spacial score (nSPS) is 12.4. The first-order valence-corrected chi connectivity index (χ1v) is 6.27. The highest BCUT2D eigenvalue weighted by Gasteiger charge is 2.24. The molecule has 0 saturated carbocycles. The van der Waals surface area contributed by atoms with Gasteiger partial charge in [0, 0.05) is 0 Å². The summed E-state index contributed by atoms with van der Waals surface area (Å²) in [5.74, 6) is -0.177. The zero-order chi connectivity index (χ0) is 10.3. The largest absolute Gasteiger partial charge is 0.347 e. The fraction of sp³-hybridized carbons (Fsp3) is 0.875. The maximum absolute atomic E-state index is 10.6. The first-order valence-electron chi connectivity index (χ1n) is 4.66. The topological polar surface area (TPSA) is 83.6 Å². The molecule has 0 fully saturated rings. The van der Waals surface area contributed by atoms with Gasteiger partial charge < -0.3 is 15.5 Å². The van der Waals surface area contributed by atoms with E-state index >= 15 is 0 Å². The minimum Gasteiger partial charge on any atom is -0.323 e. The van der Waals surface area contributed by atoms with Crippen molar-refractivity contribution in [1.82, 2.24) is 0 Å². The van der Waals surface area contributed by atoms with Gasteiger partial charge in [0.15, 0.2) is 0 Å². The van der Waals surface area contributed by atoms with E-state index < -0.39 is 7.60 Å². The monoisotopic (exact) mass is 208 g/mol. The van der Waals surface area contributed by atoms with Crippen LogP contribution in [0, 0.1) is 5.78 Å². The summed E-state index contributed by atoms with van der Waals surface area (Å²) in [5.41, 5.74) is 5.22. The molecule has 0 aromatic heterocycles. The smallest absolute Gasteiger partial charge is 0.323 e. The SMILES string of the molecule is CCCCCCC[C](N)P(=O)(O)O. The lowest BCUT2D eigenvalue weighted by atomic mass is 10.1. The Labute approximate surface area is 79.7 Å². The summed E-state index contributed by atoms with van der Waals surface area (Å²) in [5, 5.41) is 0. The molecule has 79 valence electrons. The van der Waals surface area contributed by atoms with Crippen molar-refractivity contribution in [2.45, 2.75) is 45.4 Å². The summed E-state index contributed by atoms with van der Waals surface area (Å²) < 4.78 is 10.6. The van der Waals surface area contributed by atoms with Crippen LogP contribution in [0.2, 0.25) is 0 Å². The van der Waals surface area contributed by atoms with E-state index in [4.69, 9.17) is 15.5 Å². The van der Waals surface area contributed by atoms with Gasteiger partial charge in [-0.25, -0.2) is 0 Å². The molecule has 0 aliphatic heterocycles. The number of unbranched alkanes of at least 4 members (excludes halogenated alkanes) is 4. The number of hydrogen-bond donors (Lipinski definition) is 3. The summed E-state index contributed by atoms with van der Waals surface area (Å²) in [6.07, 6.45) is 5.57. The molecule has 0 bridgehead atoms. The third-order valence-electron chi connectivity index (χ3n) is 1.91. The van der Waals surface area contributed by atoms with E-state index in [0.29, 0.717) is 6.42 Å². The van der Waals surface area contributed by atoms with Crippen molar-refractivity contribution >= 4 is 7.60 Å². The highest BCUT2D eigenvalue weighted by Crippen LogP contribution is 2.45. The molecule has 0 unspecified atom stereocenters. The summed E-state index contributed by atoms with van der Waals surface area (Å²) in [6, 6.07) is 0. The molecule has 0 aliphatic rings. The van der Waals surface area contributed by atoms with Gasteiger partial charge in [-0.1, -0.05) is 39.0 Å². The maximum Gasteiger partial charge on any atom is 0.347 e. The molecule has 4 nitrogen and oxygen atoms in total. The third kappa shape index (κ3) is 7.20. The van der Waals surface area contributed by atoms with Gasteiger partial charge >= 0.3 is 7.60 Å². The molecule has 1 radical (unpaired) electrons. The van der Waals surface area contributed by atoms with Crippen LogP contribution < -0.4 is 5.73 Å². The number of hydrogen-bond acceptors (Lipinski definition) is 2. The van der Waals surface area contributed by atoms with Gasteiger partial charge in [-0.2, -0.15) is 0 Å². The van der Waals surface area contributed by atoms with Gasteiger partial charge in [0.1, 0.15) is 5.78 Å². The standard InChI is InChI=1S/C8H19NO3P/c1-2-3-4-5-6-7-8(9)13(10,11)12/h2-7,9H2,1H3,(H2,10,11,12). The Hall–Kier alpha value is 0.110. The molecule has 0 aliphatic carbocycles. The van der Waals surface area contributed by atoms with Crippen molar-refractivity contribution in [3.63, 3.8) is 0 Å². The summed E-state index contributed by atoms with van der Waals surface area (Å²) >= 11 is 0. The van der Waals surface area contributed by atoms with Crippen molar-refractivity contribution in [1.29, 1.82) is 0 Å². The third-order valence-corrected chi connectivity index (χ3v) is 2.88. The summed E-state index contributed by atoms with van der Waals surface area (Å²) in [7, 11) is -4.12. The second-order valence-corrected chi connectivity index (χ2v) is 4.86. The highest BCUT2D eigenvalue weighted by atomic mass is 31.2. The minimum absolute atomic E-state index is 0.177. The predicted octanol–water partition coefficient (Wildman–Crippen LogP) is 1.97. The van der Waals surface area contributed by atoms with Crippen LogP contribution in [0.15, 0.2) is 0 Å². The van der Waals surface area contributed by atoms with Crippen LogP contribution >= 0.6 is 7.60 Å². The van der Waals surface area contributed by atoms with Crippen LogP contribution in [0.25, 0.3) is 0 Å². The molecule has 0 spiro atoms. The lowest BCUT2D eigenvalue weighted by Gasteiger charge is -2.11. The zero-order valence-corrected chi connectivity index (χ0v) is 8.96. The van der Waals surface area contributed by atoms with E-state index in [0.717, 1.165) is 25.7 Å². The van der Waals surface area contributed by atoms with Gasteiger partial charge in [-0.15, -0.1) is 0 Å². The molecule has 5 heteroatoms. The van der Waals surface area contributed by atoms with E-state index in [9.17, 15) is 4.57 Å². The molecule has 0 amide bonds. The van der Waals surface area contributed by atoms with Crippen molar-refractivity contribution in [3.05, 3.63) is 5.78 Å². The van der Waals surface area contributed by atoms with E-state index in [1.54, 1.807) is 0 Å². The van der Waals surface area contributed by atoms with Crippen LogP contribution in [0.5, 0.6) is 0 Å².